The van der Waals surface area contributed by atoms with E-state index in [0.29, 0.717) is 31.9 Å². The largest absolute Gasteiger partial charge is 0.544 e. The molecule has 1 aromatic rings. The maximum absolute atomic E-state index is 12.2. The van der Waals surface area contributed by atoms with Gasteiger partial charge in [-0.3, -0.25) is 4.79 Å². The molecule has 20 heavy (non-hydrogen) atoms. The van der Waals surface area contributed by atoms with Gasteiger partial charge in [-0.05, 0) is 12.1 Å². The van der Waals surface area contributed by atoms with Crippen molar-refractivity contribution in [3.63, 3.8) is 0 Å². The summed E-state index contributed by atoms with van der Waals surface area (Å²) in [4.78, 5) is 24.3. The summed E-state index contributed by atoms with van der Waals surface area (Å²) in [5, 5.41) is 11.3. The van der Waals surface area contributed by atoms with Crippen LogP contribution in [0.25, 0.3) is 0 Å². The molecule has 0 amide bonds. The van der Waals surface area contributed by atoms with E-state index in [2.05, 4.69) is 15.9 Å². The minimum atomic E-state index is -1.17. The first kappa shape index (κ1) is 15.2. The van der Waals surface area contributed by atoms with Gasteiger partial charge in [0.2, 0.25) is 0 Å². The van der Waals surface area contributed by atoms with E-state index in [9.17, 15) is 14.7 Å². The molecular weight excluding hydrogens is 326 g/mol. The fourth-order valence-electron chi connectivity index (χ4n) is 2.32. The molecule has 1 heterocycles. The van der Waals surface area contributed by atoms with E-state index >= 15 is 0 Å². The molecule has 1 saturated heterocycles. The van der Waals surface area contributed by atoms with Crippen molar-refractivity contribution < 1.29 is 24.3 Å². The predicted molar refractivity (Wildman–Crippen MR) is 73.4 cm³/mol. The number of Topliss-reactive ketones (excluding diaryl/α,β-unsaturated/α-hetero) is 1. The molecule has 108 valence electrons. The van der Waals surface area contributed by atoms with Crippen LogP contribution in [0, 0.1) is 0 Å². The number of nitrogens with one attached hydrogen (secondary N) is 1. The molecular formula is C14H16BrNO4. The molecule has 0 bridgehead atoms. The second-order valence-electron chi connectivity index (χ2n) is 4.78. The second kappa shape index (κ2) is 6.97. The molecule has 2 rings (SSSR count). The lowest BCUT2D eigenvalue weighted by Crippen LogP contribution is -3.19. The zero-order valence-electron chi connectivity index (χ0n) is 10.9. The number of hydrogen-bond donors (Lipinski definition) is 1. The lowest BCUT2D eigenvalue weighted by atomic mass is 10.0. The lowest BCUT2D eigenvalue weighted by molar-refractivity contribution is -0.925. The van der Waals surface area contributed by atoms with Gasteiger partial charge in [0.25, 0.3) is 0 Å². The number of halogens is 1. The van der Waals surface area contributed by atoms with Gasteiger partial charge >= 0.3 is 0 Å². The number of carboxylic acid groups (broad SMARTS) is 1. The molecule has 1 aliphatic rings. The van der Waals surface area contributed by atoms with Gasteiger partial charge < -0.3 is 19.5 Å². The fraction of sp³-hybridized carbons (Fsp3) is 0.429. The molecule has 1 N–H and O–H groups in total. The zero-order chi connectivity index (χ0) is 14.5. The Labute approximate surface area is 125 Å². The summed E-state index contributed by atoms with van der Waals surface area (Å²) in [7, 11) is 0. The van der Waals surface area contributed by atoms with Crippen LogP contribution >= 0.6 is 15.9 Å². The van der Waals surface area contributed by atoms with Crippen LogP contribution in [0.5, 0.6) is 0 Å². The minimum absolute atomic E-state index is 0.0424. The molecule has 5 nitrogen and oxygen atoms in total. The first-order valence-electron chi connectivity index (χ1n) is 6.50. The number of morpholine rings is 1. The quantitative estimate of drug-likeness (QED) is 0.701. The van der Waals surface area contributed by atoms with Crippen molar-refractivity contribution in [2.24, 2.45) is 0 Å². The van der Waals surface area contributed by atoms with E-state index in [1.54, 1.807) is 24.3 Å². The number of rotatable bonds is 5. The van der Waals surface area contributed by atoms with Gasteiger partial charge in [0.1, 0.15) is 19.1 Å². The number of quaternary nitrogens is 1. The van der Waals surface area contributed by atoms with Gasteiger partial charge in [-0.15, -0.1) is 0 Å². The Bertz CT molecular complexity index is 482. The third kappa shape index (κ3) is 3.88. The van der Waals surface area contributed by atoms with Crippen molar-refractivity contribution in [1.82, 2.24) is 0 Å². The SMILES string of the molecule is O=C(C[C@H](C(=O)[O-])[NH+]1CCOCC1)c1ccc(Br)cc1. The number of ketones is 1. The first-order valence-corrected chi connectivity index (χ1v) is 7.29. The van der Waals surface area contributed by atoms with E-state index in [1.165, 1.54) is 0 Å². The monoisotopic (exact) mass is 341 g/mol. The smallest absolute Gasteiger partial charge is 0.169 e. The van der Waals surface area contributed by atoms with Crippen LogP contribution in [0.3, 0.4) is 0 Å². The normalized spacial score (nSPS) is 17.6. The number of benzene rings is 1. The van der Waals surface area contributed by atoms with Gasteiger partial charge in [-0.1, -0.05) is 28.1 Å². The molecule has 0 unspecified atom stereocenters. The summed E-state index contributed by atoms with van der Waals surface area (Å²) in [6.07, 6.45) is -0.0424. The van der Waals surface area contributed by atoms with Crippen LogP contribution in [0.4, 0.5) is 0 Å². The summed E-state index contributed by atoms with van der Waals surface area (Å²) in [5.41, 5.74) is 0.520. The molecule has 0 saturated carbocycles. The topological polar surface area (TPSA) is 70.9 Å². The number of aliphatic carboxylic acids is 1. The molecule has 0 aliphatic carbocycles. The second-order valence-corrected chi connectivity index (χ2v) is 5.69. The average molecular weight is 342 g/mol. The summed E-state index contributed by atoms with van der Waals surface area (Å²) < 4.78 is 6.09. The Morgan fingerprint density at radius 2 is 1.85 bits per heavy atom. The standard InChI is InChI=1S/C14H16BrNO4/c15-11-3-1-10(2-4-11)13(17)9-12(14(18)19)16-5-7-20-8-6-16/h1-4,12H,5-9H2,(H,18,19)/t12-/m1/s1. The van der Waals surface area contributed by atoms with E-state index < -0.39 is 12.0 Å². The van der Waals surface area contributed by atoms with Crippen molar-refractivity contribution in [2.75, 3.05) is 26.3 Å². The Morgan fingerprint density at radius 3 is 2.40 bits per heavy atom. The van der Waals surface area contributed by atoms with Crippen LogP contribution in [-0.4, -0.2) is 44.1 Å². The molecule has 0 radical (unpaired) electrons. The fourth-order valence-corrected chi connectivity index (χ4v) is 2.58. The van der Waals surface area contributed by atoms with Crippen molar-refractivity contribution in [3.05, 3.63) is 34.3 Å². The molecule has 1 aromatic carbocycles. The summed E-state index contributed by atoms with van der Waals surface area (Å²) in [6, 6.07) is 6.10. The van der Waals surface area contributed by atoms with E-state index in [0.717, 1.165) is 9.37 Å². The molecule has 1 atom stereocenters. The highest BCUT2D eigenvalue weighted by Gasteiger charge is 2.28. The van der Waals surface area contributed by atoms with Crippen LogP contribution in [0.1, 0.15) is 16.8 Å². The van der Waals surface area contributed by atoms with Gasteiger partial charge in [0, 0.05) is 10.0 Å². The van der Waals surface area contributed by atoms with Crippen molar-refractivity contribution in [2.45, 2.75) is 12.5 Å². The third-order valence-corrected chi connectivity index (χ3v) is 4.00. The predicted octanol–water partition coefficient (Wildman–Crippen LogP) is -0.944. The Morgan fingerprint density at radius 1 is 1.25 bits per heavy atom. The van der Waals surface area contributed by atoms with Gasteiger partial charge in [0.05, 0.1) is 25.6 Å². The Kier molecular flexibility index (Phi) is 5.28. The van der Waals surface area contributed by atoms with Crippen molar-refractivity contribution in [1.29, 1.82) is 0 Å². The number of hydrogen-bond acceptors (Lipinski definition) is 4. The van der Waals surface area contributed by atoms with E-state index in [4.69, 9.17) is 4.74 Å². The van der Waals surface area contributed by atoms with Gasteiger partial charge in [0.15, 0.2) is 5.78 Å². The maximum atomic E-state index is 12.2. The highest BCUT2D eigenvalue weighted by molar-refractivity contribution is 9.10. The maximum Gasteiger partial charge on any atom is 0.169 e. The van der Waals surface area contributed by atoms with E-state index in [-0.39, 0.29) is 12.2 Å². The van der Waals surface area contributed by atoms with Crippen LogP contribution in [0.2, 0.25) is 0 Å². The van der Waals surface area contributed by atoms with Crippen molar-refractivity contribution >= 4 is 27.7 Å². The third-order valence-electron chi connectivity index (χ3n) is 3.47. The Balaban J connectivity index is 2.05. The van der Waals surface area contributed by atoms with Crippen LogP contribution in [-0.2, 0) is 9.53 Å². The highest BCUT2D eigenvalue weighted by atomic mass is 79.9. The molecule has 1 fully saturated rings. The Hall–Kier alpha value is -1.24. The summed E-state index contributed by atoms with van der Waals surface area (Å²) in [6.45, 7) is 2.22. The van der Waals surface area contributed by atoms with Crippen LogP contribution in [0.15, 0.2) is 28.7 Å². The molecule has 1 aliphatic heterocycles. The highest BCUT2D eigenvalue weighted by Crippen LogP contribution is 2.12. The van der Waals surface area contributed by atoms with Crippen molar-refractivity contribution in [3.8, 4) is 0 Å². The lowest BCUT2D eigenvalue weighted by Gasteiger charge is -2.31. The van der Waals surface area contributed by atoms with Gasteiger partial charge in [-0.2, -0.15) is 0 Å². The van der Waals surface area contributed by atoms with Gasteiger partial charge in [-0.25, -0.2) is 0 Å². The van der Waals surface area contributed by atoms with Crippen LogP contribution < -0.4 is 10.0 Å². The van der Waals surface area contributed by atoms with E-state index in [1.807, 2.05) is 0 Å². The first-order chi connectivity index (χ1) is 9.58. The molecule has 0 aromatic heterocycles. The average Bonchev–Trinajstić information content (AvgIpc) is 2.46. The number of carbonyl (C=O) groups excluding carboxylic acids is 2. The number of ether oxygens (including phenoxy) is 1. The minimum Gasteiger partial charge on any atom is -0.544 e. The summed E-state index contributed by atoms with van der Waals surface area (Å²) in [5.74, 6) is -1.35. The molecule has 0 spiro atoms. The number of carboxylic acids is 1. The number of carbonyl (C=O) groups is 2. The summed E-state index contributed by atoms with van der Waals surface area (Å²) >= 11 is 3.30. The zero-order valence-corrected chi connectivity index (χ0v) is 12.5. The molecule has 6 heteroatoms.